The summed E-state index contributed by atoms with van der Waals surface area (Å²) in [5.74, 6) is 0.245. The molecule has 1 aromatic carbocycles. The van der Waals surface area contributed by atoms with E-state index in [1.165, 1.54) is 7.11 Å². The molecule has 5 nitrogen and oxygen atoms in total. The fourth-order valence-electron chi connectivity index (χ4n) is 1.48. The molecule has 20 heavy (non-hydrogen) atoms. The highest BCUT2D eigenvalue weighted by molar-refractivity contribution is 6.32. The number of halogens is 2. The highest BCUT2D eigenvalue weighted by Crippen LogP contribution is 2.36. The molecule has 0 bridgehead atoms. The smallest absolute Gasteiger partial charge is 0.255 e. The molecule has 0 radical (unpaired) electrons. The van der Waals surface area contributed by atoms with E-state index in [0.717, 1.165) is 5.56 Å². The summed E-state index contributed by atoms with van der Waals surface area (Å²) in [6, 6.07) is 3.96. The summed E-state index contributed by atoms with van der Waals surface area (Å²) in [6.07, 6.45) is 0. The van der Waals surface area contributed by atoms with Crippen LogP contribution in [0.5, 0.6) is 11.5 Å². The highest BCUT2D eigenvalue weighted by atomic mass is 35.5. The lowest BCUT2D eigenvalue weighted by atomic mass is 10.2. The van der Waals surface area contributed by atoms with Gasteiger partial charge in [0, 0.05) is 12.6 Å². The zero-order chi connectivity index (χ0) is 14.4. The van der Waals surface area contributed by atoms with Crippen molar-refractivity contribution in [2.24, 2.45) is 5.73 Å². The Hall–Kier alpha value is -1.17. The molecule has 1 aromatic rings. The number of methoxy groups -OCH3 is 1. The molecule has 0 aromatic heterocycles. The zero-order valence-electron chi connectivity index (χ0n) is 11.7. The van der Waals surface area contributed by atoms with Crippen molar-refractivity contribution in [1.82, 2.24) is 5.32 Å². The van der Waals surface area contributed by atoms with E-state index in [1.807, 2.05) is 6.07 Å². The summed E-state index contributed by atoms with van der Waals surface area (Å²) in [7, 11) is 1.52. The third-order valence-corrected chi connectivity index (χ3v) is 2.64. The fraction of sp³-hybridized carbons (Fsp3) is 0.462. The quantitative estimate of drug-likeness (QED) is 0.806. The summed E-state index contributed by atoms with van der Waals surface area (Å²) in [5, 5.41) is 3.67. The van der Waals surface area contributed by atoms with Crippen LogP contribution in [0.25, 0.3) is 0 Å². The van der Waals surface area contributed by atoms with Crippen LogP contribution in [0.15, 0.2) is 12.1 Å². The first-order chi connectivity index (χ1) is 8.93. The molecule has 3 N–H and O–H groups in total. The van der Waals surface area contributed by atoms with Crippen molar-refractivity contribution in [3.63, 3.8) is 0 Å². The van der Waals surface area contributed by atoms with Crippen LogP contribution in [0, 0.1) is 0 Å². The van der Waals surface area contributed by atoms with Gasteiger partial charge in [0.05, 0.1) is 12.1 Å². The van der Waals surface area contributed by atoms with E-state index in [-0.39, 0.29) is 19.0 Å². The summed E-state index contributed by atoms with van der Waals surface area (Å²) in [4.78, 5) is 10.7. The lowest BCUT2D eigenvalue weighted by molar-refractivity contribution is -0.119. The average molecular weight is 323 g/mol. The number of rotatable bonds is 7. The summed E-state index contributed by atoms with van der Waals surface area (Å²) >= 11 is 6.13. The van der Waals surface area contributed by atoms with Crippen molar-refractivity contribution in [1.29, 1.82) is 0 Å². The molecule has 1 amide bonds. The lowest BCUT2D eigenvalue weighted by Gasteiger charge is -2.14. The van der Waals surface area contributed by atoms with Crippen LogP contribution < -0.4 is 20.5 Å². The maximum atomic E-state index is 10.7. The molecular weight excluding hydrogens is 303 g/mol. The zero-order valence-corrected chi connectivity index (χ0v) is 13.3. The average Bonchev–Trinajstić information content (AvgIpc) is 2.34. The third-order valence-electron chi connectivity index (χ3n) is 2.36. The van der Waals surface area contributed by atoms with Gasteiger partial charge in [-0.2, -0.15) is 0 Å². The van der Waals surface area contributed by atoms with E-state index < -0.39 is 5.91 Å². The minimum absolute atomic E-state index is 0. The second-order valence-corrected chi connectivity index (χ2v) is 4.81. The van der Waals surface area contributed by atoms with Gasteiger partial charge in [-0.3, -0.25) is 4.79 Å². The maximum absolute atomic E-state index is 10.7. The summed E-state index contributed by atoms with van der Waals surface area (Å²) < 4.78 is 10.5. The SMILES string of the molecule is COc1cc(CNC(C)C)cc(Cl)c1OCC(N)=O.Cl. The van der Waals surface area contributed by atoms with Gasteiger partial charge in [0.2, 0.25) is 0 Å². The standard InChI is InChI=1S/C13H19ClN2O3.ClH/c1-8(2)16-6-9-4-10(14)13(11(5-9)18-3)19-7-12(15)17;/h4-5,8,16H,6-7H2,1-3H3,(H2,15,17);1H. The molecule has 0 atom stereocenters. The van der Waals surface area contributed by atoms with Gasteiger partial charge in [-0.25, -0.2) is 0 Å². The Kier molecular flexibility index (Phi) is 8.37. The second-order valence-electron chi connectivity index (χ2n) is 4.40. The van der Waals surface area contributed by atoms with E-state index in [2.05, 4.69) is 19.2 Å². The molecule has 0 saturated carbocycles. The molecule has 0 spiro atoms. The Balaban J connectivity index is 0.00000361. The van der Waals surface area contributed by atoms with Gasteiger partial charge in [0.15, 0.2) is 18.1 Å². The first kappa shape index (κ1) is 18.8. The minimum Gasteiger partial charge on any atom is -0.493 e. The third kappa shape index (κ3) is 5.86. The van der Waals surface area contributed by atoms with Crippen LogP contribution in [-0.2, 0) is 11.3 Å². The van der Waals surface area contributed by atoms with Crippen molar-refractivity contribution in [2.75, 3.05) is 13.7 Å². The number of hydrogen-bond acceptors (Lipinski definition) is 4. The number of primary amides is 1. The molecule has 0 unspecified atom stereocenters. The molecule has 1 rings (SSSR count). The fourth-order valence-corrected chi connectivity index (χ4v) is 1.77. The van der Waals surface area contributed by atoms with E-state index >= 15 is 0 Å². The van der Waals surface area contributed by atoms with Crippen LogP contribution in [0.3, 0.4) is 0 Å². The van der Waals surface area contributed by atoms with Crippen LogP contribution in [0.4, 0.5) is 0 Å². The van der Waals surface area contributed by atoms with Crippen molar-refractivity contribution in [3.8, 4) is 11.5 Å². The number of nitrogens with one attached hydrogen (secondary N) is 1. The summed E-state index contributed by atoms with van der Waals surface area (Å²) in [6.45, 7) is 4.55. The summed E-state index contributed by atoms with van der Waals surface area (Å²) in [5.41, 5.74) is 6.01. The highest BCUT2D eigenvalue weighted by Gasteiger charge is 2.13. The van der Waals surface area contributed by atoms with Gasteiger partial charge >= 0.3 is 0 Å². The number of ether oxygens (including phenoxy) is 2. The Labute approximate surface area is 130 Å². The number of nitrogens with two attached hydrogens (primary N) is 1. The number of carbonyl (C=O) groups excluding carboxylic acids is 1. The van der Waals surface area contributed by atoms with Crippen molar-refractivity contribution < 1.29 is 14.3 Å². The number of amides is 1. The molecule has 0 saturated heterocycles. The predicted molar refractivity (Wildman–Crippen MR) is 81.9 cm³/mol. The first-order valence-electron chi connectivity index (χ1n) is 5.95. The Morgan fingerprint density at radius 1 is 1.45 bits per heavy atom. The Morgan fingerprint density at radius 3 is 2.60 bits per heavy atom. The topological polar surface area (TPSA) is 73.6 Å². The molecule has 0 heterocycles. The van der Waals surface area contributed by atoms with Crippen LogP contribution in [0.1, 0.15) is 19.4 Å². The van der Waals surface area contributed by atoms with Gasteiger partial charge in [-0.05, 0) is 17.7 Å². The van der Waals surface area contributed by atoms with E-state index in [4.69, 9.17) is 26.8 Å². The van der Waals surface area contributed by atoms with Crippen LogP contribution in [-0.4, -0.2) is 25.7 Å². The van der Waals surface area contributed by atoms with Gasteiger partial charge in [-0.15, -0.1) is 12.4 Å². The van der Waals surface area contributed by atoms with Crippen molar-refractivity contribution in [3.05, 3.63) is 22.7 Å². The van der Waals surface area contributed by atoms with E-state index in [0.29, 0.717) is 29.1 Å². The Bertz CT molecular complexity index is 453. The molecular formula is C13H20Cl2N2O3. The Morgan fingerprint density at radius 2 is 2.10 bits per heavy atom. The lowest BCUT2D eigenvalue weighted by Crippen LogP contribution is -2.22. The van der Waals surface area contributed by atoms with Gasteiger partial charge in [-0.1, -0.05) is 25.4 Å². The minimum atomic E-state index is -0.566. The van der Waals surface area contributed by atoms with Gasteiger partial charge in [0.25, 0.3) is 5.91 Å². The molecule has 0 aliphatic rings. The molecule has 0 aliphatic heterocycles. The second kappa shape index (κ2) is 8.89. The molecule has 0 fully saturated rings. The normalized spacial score (nSPS) is 10.1. The van der Waals surface area contributed by atoms with Crippen LogP contribution >= 0.6 is 24.0 Å². The van der Waals surface area contributed by atoms with Crippen LogP contribution in [0.2, 0.25) is 5.02 Å². The van der Waals surface area contributed by atoms with Crippen molar-refractivity contribution >= 4 is 29.9 Å². The monoisotopic (exact) mass is 322 g/mol. The molecule has 0 aliphatic carbocycles. The largest absolute Gasteiger partial charge is 0.493 e. The predicted octanol–water partition coefficient (Wildman–Crippen LogP) is 2.13. The van der Waals surface area contributed by atoms with Crippen molar-refractivity contribution in [2.45, 2.75) is 26.4 Å². The van der Waals surface area contributed by atoms with E-state index in [1.54, 1.807) is 6.07 Å². The molecule has 7 heteroatoms. The van der Waals surface area contributed by atoms with Gasteiger partial charge in [0.1, 0.15) is 0 Å². The first-order valence-corrected chi connectivity index (χ1v) is 6.32. The number of hydrogen-bond donors (Lipinski definition) is 2. The van der Waals surface area contributed by atoms with E-state index in [9.17, 15) is 4.79 Å². The number of carbonyl (C=O) groups is 1. The maximum Gasteiger partial charge on any atom is 0.255 e. The number of benzene rings is 1. The van der Waals surface area contributed by atoms with Gasteiger partial charge < -0.3 is 20.5 Å². The molecule has 114 valence electrons.